The van der Waals surface area contributed by atoms with Crippen molar-refractivity contribution < 1.29 is 19.2 Å². The van der Waals surface area contributed by atoms with Crippen LogP contribution < -0.4 is 25.8 Å². The minimum atomic E-state index is -0.502. The number of hydrogen-bond donors (Lipinski definition) is 4. The van der Waals surface area contributed by atoms with Gasteiger partial charge in [0.05, 0.1) is 24.7 Å². The highest BCUT2D eigenvalue weighted by Crippen LogP contribution is 2.31. The number of carbonyl (C=O) groups excluding carboxylic acids is 1. The van der Waals surface area contributed by atoms with Crippen LogP contribution in [0.3, 0.4) is 0 Å². The average Bonchev–Trinajstić information content (AvgIpc) is 2.82. The largest absolute Gasteiger partial charge is 0.493 e. The number of rotatable bonds is 8. The summed E-state index contributed by atoms with van der Waals surface area (Å²) in [6, 6.07) is 9.65. The van der Waals surface area contributed by atoms with E-state index in [1.165, 1.54) is 19.2 Å². The van der Waals surface area contributed by atoms with Gasteiger partial charge < -0.3 is 30.7 Å². The van der Waals surface area contributed by atoms with E-state index in [0.29, 0.717) is 37.4 Å². The molecule has 0 aliphatic carbocycles. The molecule has 0 aromatic heterocycles. The first-order chi connectivity index (χ1) is 15.8. The fourth-order valence-corrected chi connectivity index (χ4v) is 3.77. The second-order valence-corrected chi connectivity index (χ2v) is 7.62. The number of benzene rings is 2. The molecule has 1 amide bonds. The fourth-order valence-electron chi connectivity index (χ4n) is 3.77. The third-order valence-electron chi connectivity index (χ3n) is 5.57. The Morgan fingerprint density at radius 1 is 1.21 bits per heavy atom. The molecule has 1 aliphatic rings. The predicted octanol–water partition coefficient (Wildman–Crippen LogP) is 2.31. The van der Waals surface area contributed by atoms with Gasteiger partial charge in [0.1, 0.15) is 5.69 Å². The van der Waals surface area contributed by atoms with Crippen molar-refractivity contribution in [2.75, 3.05) is 32.6 Å². The third-order valence-corrected chi connectivity index (χ3v) is 5.57. The number of carbonyl (C=O) groups is 1. The number of amides is 1. The summed E-state index contributed by atoms with van der Waals surface area (Å²) < 4.78 is 10.5. The van der Waals surface area contributed by atoms with E-state index in [9.17, 15) is 14.9 Å². The normalized spacial score (nSPS) is 13.8. The molecular formula is C22H28N6O5. The molecule has 176 valence electrons. The number of likely N-dealkylation sites (tertiary alicyclic amines) is 1. The molecule has 5 N–H and O–H groups in total. The summed E-state index contributed by atoms with van der Waals surface area (Å²) in [4.78, 5) is 25.9. The zero-order valence-electron chi connectivity index (χ0n) is 18.6. The molecule has 0 saturated carbocycles. The lowest BCUT2D eigenvalue weighted by Crippen LogP contribution is -2.45. The number of hydrogen-bond acceptors (Lipinski definition) is 7. The fraction of sp³-hybridized carbons (Fsp3) is 0.364. The Bertz CT molecular complexity index is 1040. The van der Waals surface area contributed by atoms with Gasteiger partial charge in [-0.2, -0.15) is 0 Å². The van der Waals surface area contributed by atoms with E-state index in [0.717, 1.165) is 5.56 Å². The SMILES string of the molecule is COc1ccc(CNC(=O)c2cccc([N+](=O)[O-])c2NC2CCN(C(=N)N)CC2)cc1OC. The van der Waals surface area contributed by atoms with Crippen LogP contribution in [-0.4, -0.2) is 55.0 Å². The Hall–Kier alpha value is -4.02. The molecule has 1 heterocycles. The minimum absolute atomic E-state index is 0.00868. The first-order valence-electron chi connectivity index (χ1n) is 10.5. The molecule has 2 aromatic rings. The number of anilines is 1. The Labute approximate surface area is 191 Å². The number of nitrogens with two attached hydrogens (primary N) is 1. The maximum absolute atomic E-state index is 13.0. The molecule has 11 heteroatoms. The summed E-state index contributed by atoms with van der Waals surface area (Å²) >= 11 is 0. The maximum atomic E-state index is 13.0. The van der Waals surface area contributed by atoms with Gasteiger partial charge in [-0.3, -0.25) is 20.3 Å². The molecular weight excluding hydrogens is 428 g/mol. The van der Waals surface area contributed by atoms with E-state index in [1.807, 2.05) is 0 Å². The van der Waals surface area contributed by atoms with Gasteiger partial charge in [-0.15, -0.1) is 0 Å². The van der Waals surface area contributed by atoms with E-state index in [4.69, 9.17) is 20.6 Å². The van der Waals surface area contributed by atoms with E-state index in [1.54, 1.807) is 36.3 Å². The molecule has 33 heavy (non-hydrogen) atoms. The monoisotopic (exact) mass is 456 g/mol. The second-order valence-electron chi connectivity index (χ2n) is 7.62. The van der Waals surface area contributed by atoms with Gasteiger partial charge in [-0.05, 0) is 36.6 Å². The number of piperidine rings is 1. The van der Waals surface area contributed by atoms with Gasteiger partial charge in [-0.25, -0.2) is 0 Å². The van der Waals surface area contributed by atoms with Gasteiger partial charge in [0, 0.05) is 31.7 Å². The minimum Gasteiger partial charge on any atom is -0.493 e. The number of methoxy groups -OCH3 is 2. The van der Waals surface area contributed by atoms with Crippen LogP contribution >= 0.6 is 0 Å². The van der Waals surface area contributed by atoms with Gasteiger partial charge in [0.25, 0.3) is 11.6 Å². The van der Waals surface area contributed by atoms with Crippen molar-refractivity contribution in [3.63, 3.8) is 0 Å². The average molecular weight is 457 g/mol. The number of guanidine groups is 1. The number of nitrogens with one attached hydrogen (secondary N) is 3. The molecule has 11 nitrogen and oxygen atoms in total. The molecule has 0 atom stereocenters. The summed E-state index contributed by atoms with van der Waals surface area (Å²) in [5, 5.41) is 25.2. The summed E-state index contributed by atoms with van der Waals surface area (Å²) in [6.45, 7) is 1.33. The van der Waals surface area contributed by atoms with Crippen molar-refractivity contribution in [3.8, 4) is 11.5 Å². The molecule has 3 rings (SSSR count). The second kappa shape index (κ2) is 10.5. The molecule has 2 aromatic carbocycles. The molecule has 0 spiro atoms. The molecule has 0 unspecified atom stereocenters. The van der Waals surface area contributed by atoms with Crippen LogP contribution in [0.15, 0.2) is 36.4 Å². The Morgan fingerprint density at radius 2 is 1.91 bits per heavy atom. The summed E-state index contributed by atoms with van der Waals surface area (Å²) in [5.41, 5.74) is 6.55. The van der Waals surface area contributed by atoms with Crippen LogP contribution in [0.25, 0.3) is 0 Å². The van der Waals surface area contributed by atoms with E-state index in [-0.39, 0.29) is 35.5 Å². The van der Waals surface area contributed by atoms with Crippen molar-refractivity contribution in [2.24, 2.45) is 5.73 Å². The van der Waals surface area contributed by atoms with Gasteiger partial charge in [0.15, 0.2) is 17.5 Å². The zero-order chi connectivity index (χ0) is 24.0. The first-order valence-corrected chi connectivity index (χ1v) is 10.5. The third kappa shape index (κ3) is 5.62. The summed E-state index contributed by atoms with van der Waals surface area (Å²) in [7, 11) is 3.07. The topological polar surface area (TPSA) is 156 Å². The van der Waals surface area contributed by atoms with Crippen molar-refractivity contribution in [2.45, 2.75) is 25.4 Å². The van der Waals surface area contributed by atoms with Crippen LogP contribution in [-0.2, 0) is 6.54 Å². The van der Waals surface area contributed by atoms with E-state index in [2.05, 4.69) is 10.6 Å². The Balaban J connectivity index is 1.77. The predicted molar refractivity (Wildman–Crippen MR) is 124 cm³/mol. The molecule has 0 bridgehead atoms. The highest BCUT2D eigenvalue weighted by atomic mass is 16.6. The number of nitro groups is 1. The number of para-hydroxylation sites is 1. The number of nitro benzene ring substituents is 1. The standard InChI is InChI=1S/C22H28N6O5/c1-32-18-7-6-14(12-19(18)33-2)13-25-21(29)16-4-3-5-17(28(30)31)20(16)26-15-8-10-27(11-9-15)22(23)24/h3-7,12,15,26H,8-11,13H2,1-2H3,(H3,23,24)(H,25,29). The lowest BCUT2D eigenvalue weighted by atomic mass is 10.0. The van der Waals surface area contributed by atoms with Crippen LogP contribution in [0.5, 0.6) is 11.5 Å². The molecule has 1 saturated heterocycles. The quantitative estimate of drug-likeness (QED) is 0.204. The van der Waals surface area contributed by atoms with Crippen LogP contribution in [0.2, 0.25) is 0 Å². The van der Waals surface area contributed by atoms with Crippen molar-refractivity contribution in [1.29, 1.82) is 5.41 Å². The Morgan fingerprint density at radius 3 is 2.52 bits per heavy atom. The van der Waals surface area contributed by atoms with Gasteiger partial charge in [0.2, 0.25) is 0 Å². The van der Waals surface area contributed by atoms with Crippen LogP contribution in [0.1, 0.15) is 28.8 Å². The van der Waals surface area contributed by atoms with Crippen LogP contribution in [0, 0.1) is 15.5 Å². The molecule has 1 fully saturated rings. The zero-order valence-corrected chi connectivity index (χ0v) is 18.6. The van der Waals surface area contributed by atoms with Crippen molar-refractivity contribution in [3.05, 3.63) is 57.6 Å². The number of ether oxygens (including phenoxy) is 2. The summed E-state index contributed by atoms with van der Waals surface area (Å²) in [5.74, 6) is 0.693. The Kier molecular flexibility index (Phi) is 7.54. The maximum Gasteiger partial charge on any atom is 0.293 e. The summed E-state index contributed by atoms with van der Waals surface area (Å²) in [6.07, 6.45) is 1.27. The van der Waals surface area contributed by atoms with E-state index >= 15 is 0 Å². The lowest BCUT2D eigenvalue weighted by Gasteiger charge is -2.33. The number of nitrogens with zero attached hydrogens (tertiary/aromatic N) is 2. The van der Waals surface area contributed by atoms with Crippen molar-refractivity contribution in [1.82, 2.24) is 10.2 Å². The molecule has 1 aliphatic heterocycles. The van der Waals surface area contributed by atoms with Crippen LogP contribution in [0.4, 0.5) is 11.4 Å². The van der Waals surface area contributed by atoms with Gasteiger partial charge >= 0.3 is 0 Å². The van der Waals surface area contributed by atoms with Gasteiger partial charge in [-0.1, -0.05) is 12.1 Å². The molecule has 0 radical (unpaired) electrons. The first kappa shape index (κ1) is 23.6. The van der Waals surface area contributed by atoms with Crippen molar-refractivity contribution >= 4 is 23.2 Å². The lowest BCUT2D eigenvalue weighted by molar-refractivity contribution is -0.384. The van der Waals surface area contributed by atoms with E-state index < -0.39 is 10.8 Å². The highest BCUT2D eigenvalue weighted by molar-refractivity contribution is 6.01. The smallest absolute Gasteiger partial charge is 0.293 e. The highest BCUT2D eigenvalue weighted by Gasteiger charge is 2.26.